The summed E-state index contributed by atoms with van der Waals surface area (Å²) in [4.78, 5) is 10.9. The second-order valence-corrected chi connectivity index (χ2v) is 6.59. The molecule has 0 aliphatic heterocycles. The van der Waals surface area contributed by atoms with Crippen LogP contribution in [0.15, 0.2) is 0 Å². The Morgan fingerprint density at radius 1 is 0.889 bits per heavy atom. The smallest absolute Gasteiger partial charge is 0.306 e. The number of carboxylic acid groups (broad SMARTS) is 1. The van der Waals surface area contributed by atoms with E-state index >= 15 is 0 Å². The van der Waals surface area contributed by atoms with E-state index in [0.29, 0.717) is 0 Å². The van der Waals surface area contributed by atoms with Crippen molar-refractivity contribution in [2.75, 3.05) is 0 Å². The summed E-state index contributed by atoms with van der Waals surface area (Å²) < 4.78 is 0. The fourth-order valence-electron chi connectivity index (χ4n) is 3.99. The Balaban J connectivity index is 1.67. The maximum Gasteiger partial charge on any atom is 0.306 e. The van der Waals surface area contributed by atoms with Crippen LogP contribution in [0.25, 0.3) is 0 Å². The third kappa shape index (κ3) is 3.73. The fourth-order valence-corrected chi connectivity index (χ4v) is 3.99. The Morgan fingerprint density at radius 2 is 1.33 bits per heavy atom. The van der Waals surface area contributed by atoms with Gasteiger partial charge in [0.15, 0.2) is 0 Å². The van der Waals surface area contributed by atoms with Gasteiger partial charge in [0.1, 0.15) is 0 Å². The zero-order valence-electron chi connectivity index (χ0n) is 11.7. The molecule has 2 fully saturated rings. The highest BCUT2D eigenvalue weighted by Gasteiger charge is 2.28. The first-order chi connectivity index (χ1) is 8.69. The number of hydrogen-bond acceptors (Lipinski definition) is 1. The maximum atomic E-state index is 10.9. The van der Waals surface area contributed by atoms with Crippen molar-refractivity contribution in [3.05, 3.63) is 0 Å². The van der Waals surface area contributed by atoms with Crippen LogP contribution in [0, 0.1) is 23.7 Å². The van der Waals surface area contributed by atoms with Gasteiger partial charge in [-0.05, 0) is 49.9 Å². The molecule has 0 spiro atoms. The van der Waals surface area contributed by atoms with Crippen molar-refractivity contribution in [2.45, 2.75) is 71.1 Å². The van der Waals surface area contributed by atoms with E-state index in [2.05, 4.69) is 6.92 Å². The third-order valence-electron chi connectivity index (χ3n) is 5.41. The lowest BCUT2D eigenvalue weighted by molar-refractivity contribution is -0.143. The highest BCUT2D eigenvalue weighted by Crippen LogP contribution is 2.38. The van der Waals surface area contributed by atoms with Crippen LogP contribution < -0.4 is 0 Å². The number of hydrogen-bond donors (Lipinski definition) is 1. The first kappa shape index (κ1) is 13.9. The Hall–Kier alpha value is -0.530. The summed E-state index contributed by atoms with van der Waals surface area (Å²) in [6.07, 6.45) is 12.6. The van der Waals surface area contributed by atoms with Crippen LogP contribution in [-0.4, -0.2) is 11.1 Å². The van der Waals surface area contributed by atoms with Gasteiger partial charge in [-0.15, -0.1) is 0 Å². The molecule has 0 radical (unpaired) electrons. The molecule has 2 nitrogen and oxygen atoms in total. The SMILES string of the molecule is CCC1CCC(CC2CCC(C(=O)O)CC2)CC1. The van der Waals surface area contributed by atoms with Gasteiger partial charge in [-0.25, -0.2) is 0 Å². The van der Waals surface area contributed by atoms with Gasteiger partial charge >= 0.3 is 5.97 Å². The minimum absolute atomic E-state index is 0.0444. The average Bonchev–Trinajstić information content (AvgIpc) is 2.40. The van der Waals surface area contributed by atoms with E-state index in [1.165, 1.54) is 38.5 Å². The Labute approximate surface area is 111 Å². The van der Waals surface area contributed by atoms with Crippen LogP contribution in [-0.2, 0) is 4.79 Å². The fraction of sp³-hybridized carbons (Fsp3) is 0.938. The highest BCUT2D eigenvalue weighted by atomic mass is 16.4. The zero-order valence-corrected chi connectivity index (χ0v) is 11.7. The minimum Gasteiger partial charge on any atom is -0.481 e. The monoisotopic (exact) mass is 252 g/mol. The molecule has 0 saturated heterocycles. The van der Waals surface area contributed by atoms with Crippen molar-refractivity contribution in [2.24, 2.45) is 23.7 Å². The summed E-state index contributed by atoms with van der Waals surface area (Å²) in [5, 5.41) is 9.00. The summed E-state index contributed by atoms with van der Waals surface area (Å²) in [7, 11) is 0. The van der Waals surface area contributed by atoms with Crippen molar-refractivity contribution in [3.8, 4) is 0 Å². The Morgan fingerprint density at radius 3 is 1.78 bits per heavy atom. The molecular weight excluding hydrogens is 224 g/mol. The molecule has 1 N–H and O–H groups in total. The van der Waals surface area contributed by atoms with Crippen molar-refractivity contribution in [1.82, 2.24) is 0 Å². The summed E-state index contributed by atoms with van der Waals surface area (Å²) >= 11 is 0. The summed E-state index contributed by atoms with van der Waals surface area (Å²) in [6.45, 7) is 2.32. The molecule has 2 rings (SSSR count). The standard InChI is InChI=1S/C16H28O2/c1-2-12-3-5-13(6-4-12)11-14-7-9-15(10-8-14)16(17)18/h12-15H,2-11H2,1H3,(H,17,18). The lowest BCUT2D eigenvalue weighted by Gasteiger charge is -2.33. The molecule has 0 aromatic rings. The van der Waals surface area contributed by atoms with E-state index in [1.807, 2.05) is 0 Å². The Kier molecular flexibility index (Phi) is 5.08. The summed E-state index contributed by atoms with van der Waals surface area (Å²) in [5.74, 6) is 2.14. The molecule has 18 heavy (non-hydrogen) atoms. The van der Waals surface area contributed by atoms with E-state index in [4.69, 9.17) is 5.11 Å². The first-order valence-electron chi connectivity index (χ1n) is 7.91. The minimum atomic E-state index is -0.572. The van der Waals surface area contributed by atoms with Gasteiger partial charge in [-0.2, -0.15) is 0 Å². The van der Waals surface area contributed by atoms with E-state index in [-0.39, 0.29) is 5.92 Å². The number of carboxylic acids is 1. The van der Waals surface area contributed by atoms with Crippen LogP contribution in [0.3, 0.4) is 0 Å². The largest absolute Gasteiger partial charge is 0.481 e. The van der Waals surface area contributed by atoms with Crippen LogP contribution in [0.2, 0.25) is 0 Å². The molecule has 2 aliphatic carbocycles. The molecule has 0 atom stereocenters. The lowest BCUT2D eigenvalue weighted by atomic mass is 9.73. The average molecular weight is 252 g/mol. The maximum absolute atomic E-state index is 10.9. The van der Waals surface area contributed by atoms with Crippen LogP contribution in [0.4, 0.5) is 0 Å². The molecule has 0 heterocycles. The number of carbonyl (C=O) groups is 1. The third-order valence-corrected chi connectivity index (χ3v) is 5.41. The summed E-state index contributed by atoms with van der Waals surface area (Å²) in [6, 6.07) is 0. The van der Waals surface area contributed by atoms with Crippen LogP contribution >= 0.6 is 0 Å². The second-order valence-electron chi connectivity index (χ2n) is 6.59. The lowest BCUT2D eigenvalue weighted by Crippen LogP contribution is -2.24. The van der Waals surface area contributed by atoms with Gasteiger partial charge in [-0.1, -0.05) is 39.0 Å². The molecule has 0 aromatic carbocycles. The quantitative estimate of drug-likeness (QED) is 0.800. The number of rotatable bonds is 4. The molecule has 2 saturated carbocycles. The first-order valence-corrected chi connectivity index (χ1v) is 7.91. The predicted octanol–water partition coefficient (Wildman–Crippen LogP) is 4.48. The van der Waals surface area contributed by atoms with E-state index < -0.39 is 5.97 Å². The molecule has 0 aromatic heterocycles. The second kappa shape index (κ2) is 6.58. The topological polar surface area (TPSA) is 37.3 Å². The number of aliphatic carboxylic acids is 1. The van der Waals surface area contributed by atoms with Gasteiger partial charge < -0.3 is 5.11 Å². The van der Waals surface area contributed by atoms with E-state index in [0.717, 1.165) is 43.4 Å². The van der Waals surface area contributed by atoms with Crippen molar-refractivity contribution in [3.63, 3.8) is 0 Å². The molecule has 0 bridgehead atoms. The van der Waals surface area contributed by atoms with Crippen molar-refractivity contribution in [1.29, 1.82) is 0 Å². The summed E-state index contributed by atoms with van der Waals surface area (Å²) in [5.41, 5.74) is 0. The van der Waals surface area contributed by atoms with Gasteiger partial charge in [-0.3, -0.25) is 4.79 Å². The van der Waals surface area contributed by atoms with Gasteiger partial charge in [0.2, 0.25) is 0 Å². The molecule has 2 heteroatoms. The zero-order chi connectivity index (χ0) is 13.0. The van der Waals surface area contributed by atoms with Crippen molar-refractivity contribution < 1.29 is 9.90 Å². The Bertz CT molecular complexity index is 258. The molecule has 104 valence electrons. The molecule has 2 aliphatic rings. The van der Waals surface area contributed by atoms with Gasteiger partial charge in [0, 0.05) is 0 Å². The predicted molar refractivity (Wildman–Crippen MR) is 73.4 cm³/mol. The van der Waals surface area contributed by atoms with Crippen LogP contribution in [0.5, 0.6) is 0 Å². The molecule has 0 unspecified atom stereocenters. The van der Waals surface area contributed by atoms with E-state index in [1.54, 1.807) is 0 Å². The van der Waals surface area contributed by atoms with Gasteiger partial charge in [0.05, 0.1) is 5.92 Å². The molecule has 0 amide bonds. The van der Waals surface area contributed by atoms with E-state index in [9.17, 15) is 4.79 Å². The van der Waals surface area contributed by atoms with Crippen molar-refractivity contribution >= 4 is 5.97 Å². The molecular formula is C16H28O2. The normalized spacial score (nSPS) is 37.4. The van der Waals surface area contributed by atoms with Crippen LogP contribution in [0.1, 0.15) is 71.1 Å². The highest BCUT2D eigenvalue weighted by molar-refractivity contribution is 5.69. The van der Waals surface area contributed by atoms with Gasteiger partial charge in [0.25, 0.3) is 0 Å².